The molecule has 1 aromatic carbocycles. The summed E-state index contributed by atoms with van der Waals surface area (Å²) in [6, 6.07) is 4.72. The molecule has 0 radical (unpaired) electrons. The zero-order valence-corrected chi connectivity index (χ0v) is 11.8. The summed E-state index contributed by atoms with van der Waals surface area (Å²) in [7, 11) is 1.39. The zero-order valence-electron chi connectivity index (χ0n) is 11.8. The van der Waals surface area contributed by atoms with Crippen LogP contribution in [-0.2, 0) is 11.2 Å². The Morgan fingerprint density at radius 1 is 1.40 bits per heavy atom. The minimum atomic E-state index is -0.971. The molecule has 0 heterocycles. The van der Waals surface area contributed by atoms with Crippen LogP contribution in [0.3, 0.4) is 0 Å². The van der Waals surface area contributed by atoms with Gasteiger partial charge in [-0.2, -0.15) is 0 Å². The van der Waals surface area contributed by atoms with Gasteiger partial charge < -0.3 is 9.84 Å². The Labute approximate surface area is 118 Å². The van der Waals surface area contributed by atoms with Crippen LogP contribution in [0.4, 0.5) is 4.39 Å². The number of carbonyl (C=O) groups is 1. The topological polar surface area (TPSA) is 46.5 Å². The van der Waals surface area contributed by atoms with E-state index >= 15 is 0 Å². The van der Waals surface area contributed by atoms with Gasteiger partial charge in [0, 0.05) is 6.42 Å². The molecule has 1 unspecified atom stereocenters. The average molecular weight is 280 g/mol. The van der Waals surface area contributed by atoms with E-state index in [0.717, 1.165) is 25.7 Å². The minimum Gasteiger partial charge on any atom is -0.494 e. The van der Waals surface area contributed by atoms with Crippen LogP contribution >= 0.6 is 0 Å². The summed E-state index contributed by atoms with van der Waals surface area (Å²) in [5.41, 5.74) is 0.282. The van der Waals surface area contributed by atoms with E-state index in [2.05, 4.69) is 0 Å². The molecular formula is C16H21FO3. The largest absolute Gasteiger partial charge is 0.494 e. The Morgan fingerprint density at radius 3 is 2.75 bits per heavy atom. The van der Waals surface area contributed by atoms with E-state index in [1.54, 1.807) is 12.1 Å². The van der Waals surface area contributed by atoms with Crippen molar-refractivity contribution in [2.75, 3.05) is 7.11 Å². The van der Waals surface area contributed by atoms with Gasteiger partial charge >= 0.3 is 0 Å². The van der Waals surface area contributed by atoms with Crippen LogP contribution in [0.5, 0.6) is 5.75 Å². The van der Waals surface area contributed by atoms with Crippen LogP contribution in [0.1, 0.15) is 37.7 Å². The summed E-state index contributed by atoms with van der Waals surface area (Å²) in [6.45, 7) is 0. The van der Waals surface area contributed by atoms with E-state index in [0.29, 0.717) is 0 Å². The molecule has 0 amide bonds. The van der Waals surface area contributed by atoms with Crippen molar-refractivity contribution < 1.29 is 19.0 Å². The number of halogens is 1. The molecule has 1 N–H and O–H groups in total. The number of Topliss-reactive ketones (excluding diaryl/α,β-unsaturated/α-hetero) is 1. The zero-order chi connectivity index (χ0) is 14.5. The van der Waals surface area contributed by atoms with Crippen molar-refractivity contribution in [2.24, 2.45) is 5.92 Å². The summed E-state index contributed by atoms with van der Waals surface area (Å²) in [4.78, 5) is 12.1. The predicted molar refractivity (Wildman–Crippen MR) is 74.2 cm³/mol. The van der Waals surface area contributed by atoms with Crippen molar-refractivity contribution in [1.29, 1.82) is 0 Å². The lowest BCUT2D eigenvalue weighted by atomic mass is 9.83. The van der Waals surface area contributed by atoms with Crippen molar-refractivity contribution >= 4 is 5.78 Å². The molecule has 1 fully saturated rings. The first kappa shape index (κ1) is 15.0. The smallest absolute Gasteiger partial charge is 0.168 e. The fourth-order valence-corrected chi connectivity index (χ4v) is 2.86. The van der Waals surface area contributed by atoms with E-state index < -0.39 is 11.9 Å². The van der Waals surface area contributed by atoms with E-state index in [1.165, 1.54) is 19.6 Å². The average Bonchev–Trinajstić information content (AvgIpc) is 2.49. The fraction of sp³-hybridized carbons (Fsp3) is 0.562. The number of aliphatic hydroxyl groups excluding tert-OH is 1. The Kier molecular flexibility index (Phi) is 5.12. The molecule has 110 valence electrons. The normalized spacial score (nSPS) is 17.8. The quantitative estimate of drug-likeness (QED) is 0.902. The second kappa shape index (κ2) is 6.84. The van der Waals surface area contributed by atoms with E-state index in [1.807, 2.05) is 0 Å². The number of carbonyl (C=O) groups excluding carboxylic acids is 1. The fourth-order valence-electron chi connectivity index (χ4n) is 2.86. The SMILES string of the molecule is COc1cccc(CC(=O)C(O)C2CCCCC2)c1F. The van der Waals surface area contributed by atoms with Gasteiger partial charge in [0.25, 0.3) is 0 Å². The molecular weight excluding hydrogens is 259 g/mol. The van der Waals surface area contributed by atoms with Crippen molar-refractivity contribution in [3.63, 3.8) is 0 Å². The number of rotatable bonds is 5. The second-order valence-electron chi connectivity index (χ2n) is 5.42. The number of ether oxygens (including phenoxy) is 1. The van der Waals surface area contributed by atoms with Crippen LogP contribution in [0, 0.1) is 11.7 Å². The van der Waals surface area contributed by atoms with E-state index in [4.69, 9.17) is 4.74 Å². The molecule has 1 aliphatic carbocycles. The lowest BCUT2D eigenvalue weighted by molar-refractivity contribution is -0.129. The van der Waals surface area contributed by atoms with Gasteiger partial charge in [0.15, 0.2) is 17.3 Å². The molecule has 0 bridgehead atoms. The van der Waals surface area contributed by atoms with E-state index in [-0.39, 0.29) is 29.4 Å². The minimum absolute atomic E-state index is 0.0323. The molecule has 1 atom stereocenters. The predicted octanol–water partition coefficient (Wildman–Crippen LogP) is 2.89. The maximum absolute atomic E-state index is 14.0. The van der Waals surface area contributed by atoms with Crippen LogP contribution in [-0.4, -0.2) is 24.1 Å². The van der Waals surface area contributed by atoms with Crippen molar-refractivity contribution in [2.45, 2.75) is 44.6 Å². The van der Waals surface area contributed by atoms with Gasteiger partial charge in [-0.05, 0) is 30.4 Å². The number of methoxy groups -OCH3 is 1. The highest BCUT2D eigenvalue weighted by Gasteiger charge is 2.28. The van der Waals surface area contributed by atoms with Gasteiger partial charge in [-0.3, -0.25) is 4.79 Å². The lowest BCUT2D eigenvalue weighted by Gasteiger charge is -2.25. The number of hydrogen-bond donors (Lipinski definition) is 1. The first-order chi connectivity index (χ1) is 9.63. The molecule has 1 aromatic rings. The number of ketones is 1. The maximum Gasteiger partial charge on any atom is 0.168 e. The maximum atomic E-state index is 14.0. The number of hydrogen-bond acceptors (Lipinski definition) is 3. The molecule has 1 aliphatic rings. The first-order valence-electron chi connectivity index (χ1n) is 7.15. The van der Waals surface area contributed by atoms with Gasteiger partial charge in [0.2, 0.25) is 0 Å². The summed E-state index contributed by atoms with van der Waals surface area (Å²) in [5.74, 6) is -0.657. The molecule has 0 aromatic heterocycles. The van der Waals surface area contributed by atoms with Crippen LogP contribution in [0.25, 0.3) is 0 Å². The number of benzene rings is 1. The molecule has 2 rings (SSSR count). The third-order valence-corrected chi connectivity index (χ3v) is 4.05. The van der Waals surface area contributed by atoms with Crippen LogP contribution < -0.4 is 4.74 Å². The van der Waals surface area contributed by atoms with Gasteiger partial charge in [-0.25, -0.2) is 4.39 Å². The molecule has 20 heavy (non-hydrogen) atoms. The summed E-state index contributed by atoms with van der Waals surface area (Å²) in [5, 5.41) is 10.1. The highest BCUT2D eigenvalue weighted by atomic mass is 19.1. The third kappa shape index (κ3) is 3.37. The summed E-state index contributed by atoms with van der Waals surface area (Å²) in [6.07, 6.45) is 4.00. The molecule has 0 aliphatic heterocycles. The Balaban J connectivity index is 2.03. The second-order valence-corrected chi connectivity index (χ2v) is 5.42. The molecule has 0 saturated heterocycles. The highest BCUT2D eigenvalue weighted by molar-refractivity contribution is 5.85. The Bertz CT molecular complexity index is 467. The Morgan fingerprint density at radius 2 is 2.10 bits per heavy atom. The van der Waals surface area contributed by atoms with E-state index in [9.17, 15) is 14.3 Å². The van der Waals surface area contributed by atoms with Gasteiger partial charge in [-0.1, -0.05) is 31.4 Å². The third-order valence-electron chi connectivity index (χ3n) is 4.05. The van der Waals surface area contributed by atoms with Crippen LogP contribution in [0.2, 0.25) is 0 Å². The standard InChI is InChI=1S/C16H21FO3/c1-20-14-9-5-8-12(15(14)17)10-13(18)16(19)11-6-3-2-4-7-11/h5,8-9,11,16,19H,2-4,6-7,10H2,1H3. The van der Waals surface area contributed by atoms with Crippen molar-refractivity contribution in [1.82, 2.24) is 0 Å². The van der Waals surface area contributed by atoms with Gasteiger partial charge in [0.1, 0.15) is 6.10 Å². The molecule has 1 saturated carbocycles. The summed E-state index contributed by atoms with van der Waals surface area (Å²) < 4.78 is 18.9. The first-order valence-corrected chi connectivity index (χ1v) is 7.15. The molecule has 4 heteroatoms. The van der Waals surface area contributed by atoms with Gasteiger partial charge in [0.05, 0.1) is 7.11 Å². The summed E-state index contributed by atoms with van der Waals surface area (Å²) >= 11 is 0. The number of aliphatic hydroxyl groups is 1. The lowest BCUT2D eigenvalue weighted by Crippen LogP contribution is -2.32. The highest BCUT2D eigenvalue weighted by Crippen LogP contribution is 2.28. The van der Waals surface area contributed by atoms with Gasteiger partial charge in [-0.15, -0.1) is 0 Å². The van der Waals surface area contributed by atoms with Crippen LogP contribution in [0.15, 0.2) is 18.2 Å². The van der Waals surface area contributed by atoms with Crippen molar-refractivity contribution in [3.05, 3.63) is 29.6 Å². The Hall–Kier alpha value is -1.42. The van der Waals surface area contributed by atoms with Crippen molar-refractivity contribution in [3.8, 4) is 5.75 Å². The molecule has 0 spiro atoms. The molecule has 3 nitrogen and oxygen atoms in total. The monoisotopic (exact) mass is 280 g/mol.